The maximum absolute atomic E-state index is 14.3. The highest BCUT2D eigenvalue weighted by Crippen LogP contribution is 2.36. The summed E-state index contributed by atoms with van der Waals surface area (Å²) in [6, 6.07) is 2.15. The maximum Gasteiger partial charge on any atom is 0.325 e. The number of carbonyl (C=O) groups excluding carboxylic acids is 3. The van der Waals surface area contributed by atoms with Gasteiger partial charge in [0.25, 0.3) is 5.91 Å². The number of nitrogens with one attached hydrogen (secondary N) is 1. The third kappa shape index (κ3) is 3.38. The number of carbonyl (C=O) groups is 3. The van der Waals surface area contributed by atoms with Gasteiger partial charge in [-0.3, -0.25) is 14.5 Å². The van der Waals surface area contributed by atoms with Crippen LogP contribution >= 0.6 is 0 Å². The molecule has 8 heteroatoms. The molecule has 3 aliphatic rings. The molecule has 1 aliphatic carbocycles. The number of hydrogen-bond donors (Lipinski definition) is 1. The minimum atomic E-state index is -1.75. The summed E-state index contributed by atoms with van der Waals surface area (Å²) in [7, 11) is 0. The Morgan fingerprint density at radius 3 is 2.69 bits per heavy atom. The van der Waals surface area contributed by atoms with Crippen molar-refractivity contribution in [2.24, 2.45) is 5.92 Å². The Morgan fingerprint density at radius 1 is 1.17 bits per heavy atom. The number of piperidine rings is 1. The largest absolute Gasteiger partial charge is 0.338 e. The lowest BCUT2D eigenvalue weighted by Gasteiger charge is -2.44. The molecule has 4 rings (SSSR count). The van der Waals surface area contributed by atoms with Crippen LogP contribution in [-0.4, -0.2) is 46.8 Å². The predicted octanol–water partition coefficient (Wildman–Crippen LogP) is 2.91. The Balaban J connectivity index is 1.53. The first-order valence-electron chi connectivity index (χ1n) is 10.2. The fourth-order valence-corrected chi connectivity index (χ4v) is 5.06. The Hall–Kier alpha value is -2.51. The Labute approximate surface area is 168 Å². The van der Waals surface area contributed by atoms with Crippen molar-refractivity contribution >= 4 is 17.8 Å². The Bertz CT molecular complexity index is 860. The van der Waals surface area contributed by atoms with E-state index in [2.05, 4.69) is 5.32 Å². The fraction of sp³-hybridized carbons (Fsp3) is 0.571. The molecule has 3 fully saturated rings. The number of nitrogens with zero attached hydrogens (tertiary/aromatic N) is 2. The average Bonchev–Trinajstić information content (AvgIpc) is 2.93. The van der Waals surface area contributed by atoms with Gasteiger partial charge in [0.2, 0.25) is 5.91 Å². The van der Waals surface area contributed by atoms with E-state index in [1.165, 1.54) is 13.3 Å². The minimum absolute atomic E-state index is 0.165. The van der Waals surface area contributed by atoms with Crippen molar-refractivity contribution in [2.75, 3.05) is 13.1 Å². The molecule has 0 unspecified atom stereocenters. The van der Waals surface area contributed by atoms with Crippen LogP contribution in [-0.2, 0) is 15.1 Å². The van der Waals surface area contributed by atoms with Gasteiger partial charge in [-0.15, -0.1) is 0 Å². The second-order valence-corrected chi connectivity index (χ2v) is 8.41. The Kier molecular flexibility index (Phi) is 5.04. The van der Waals surface area contributed by atoms with Crippen LogP contribution in [0.5, 0.6) is 0 Å². The molecule has 2 saturated heterocycles. The van der Waals surface area contributed by atoms with E-state index >= 15 is 0 Å². The van der Waals surface area contributed by atoms with Crippen molar-refractivity contribution in [2.45, 2.75) is 57.0 Å². The minimum Gasteiger partial charge on any atom is -0.338 e. The lowest BCUT2D eigenvalue weighted by atomic mass is 9.78. The topological polar surface area (TPSA) is 69.7 Å². The zero-order valence-corrected chi connectivity index (χ0v) is 16.4. The number of benzene rings is 1. The summed E-state index contributed by atoms with van der Waals surface area (Å²) >= 11 is 0. The van der Waals surface area contributed by atoms with Gasteiger partial charge in [0.1, 0.15) is 23.7 Å². The molecule has 156 valence electrons. The van der Waals surface area contributed by atoms with Crippen molar-refractivity contribution in [1.29, 1.82) is 0 Å². The highest BCUT2D eigenvalue weighted by molar-refractivity contribution is 6.09. The molecule has 0 aromatic heterocycles. The van der Waals surface area contributed by atoms with Crippen molar-refractivity contribution in [3.8, 4) is 0 Å². The van der Waals surface area contributed by atoms with E-state index in [-0.39, 0.29) is 24.1 Å². The van der Waals surface area contributed by atoms with Crippen molar-refractivity contribution in [1.82, 2.24) is 15.1 Å². The lowest BCUT2D eigenvalue weighted by molar-refractivity contribution is -0.142. The summed E-state index contributed by atoms with van der Waals surface area (Å²) in [4.78, 5) is 41.1. The SMILES string of the molecule is C[C@]1(c2cc(F)ccc2F)NC(=O)N(CC(=O)N2CCC[C@H]3CCCC[C@@H]32)C1=O. The zero-order valence-electron chi connectivity index (χ0n) is 16.4. The van der Waals surface area contributed by atoms with Gasteiger partial charge in [0.05, 0.1) is 0 Å². The summed E-state index contributed by atoms with van der Waals surface area (Å²) in [5.74, 6) is -2.05. The molecular formula is C21H25F2N3O3. The van der Waals surface area contributed by atoms with Gasteiger partial charge in [-0.25, -0.2) is 13.6 Å². The lowest BCUT2D eigenvalue weighted by Crippen LogP contribution is -2.53. The summed E-state index contributed by atoms with van der Waals surface area (Å²) in [6.45, 7) is 1.56. The molecule has 2 heterocycles. The van der Waals surface area contributed by atoms with Gasteiger partial charge in [0, 0.05) is 18.2 Å². The van der Waals surface area contributed by atoms with E-state index in [0.717, 1.165) is 55.2 Å². The second-order valence-electron chi connectivity index (χ2n) is 8.41. The average molecular weight is 405 g/mol. The van der Waals surface area contributed by atoms with Gasteiger partial charge in [0.15, 0.2) is 0 Å². The van der Waals surface area contributed by atoms with Crippen LogP contribution in [0.1, 0.15) is 51.0 Å². The first-order valence-corrected chi connectivity index (χ1v) is 10.2. The molecule has 2 aliphatic heterocycles. The molecule has 0 spiro atoms. The monoisotopic (exact) mass is 405 g/mol. The number of amides is 4. The maximum atomic E-state index is 14.3. The van der Waals surface area contributed by atoms with E-state index < -0.39 is 29.1 Å². The molecule has 4 amide bonds. The van der Waals surface area contributed by atoms with E-state index in [9.17, 15) is 23.2 Å². The van der Waals surface area contributed by atoms with Crippen molar-refractivity contribution in [3.05, 3.63) is 35.4 Å². The second kappa shape index (κ2) is 7.39. The summed E-state index contributed by atoms with van der Waals surface area (Å²) in [5.41, 5.74) is -2.00. The van der Waals surface area contributed by atoms with Gasteiger partial charge in [-0.2, -0.15) is 0 Å². The molecule has 0 bridgehead atoms. The molecule has 29 heavy (non-hydrogen) atoms. The number of hydrogen-bond acceptors (Lipinski definition) is 3. The van der Waals surface area contributed by atoms with Crippen LogP contribution in [0, 0.1) is 17.6 Å². The van der Waals surface area contributed by atoms with Gasteiger partial charge >= 0.3 is 6.03 Å². The molecule has 1 N–H and O–H groups in total. The van der Waals surface area contributed by atoms with E-state index in [1.807, 2.05) is 4.90 Å². The predicted molar refractivity (Wildman–Crippen MR) is 101 cm³/mol. The van der Waals surface area contributed by atoms with E-state index in [4.69, 9.17) is 0 Å². The van der Waals surface area contributed by atoms with Crippen LogP contribution in [0.3, 0.4) is 0 Å². The van der Waals surface area contributed by atoms with Gasteiger partial charge < -0.3 is 10.2 Å². The first kappa shape index (κ1) is 19.8. The molecule has 0 radical (unpaired) electrons. The molecule has 6 nitrogen and oxygen atoms in total. The first-order chi connectivity index (χ1) is 13.8. The highest BCUT2D eigenvalue weighted by Gasteiger charge is 2.51. The third-order valence-electron chi connectivity index (χ3n) is 6.60. The van der Waals surface area contributed by atoms with Gasteiger partial charge in [-0.05, 0) is 56.7 Å². The fourth-order valence-electron chi connectivity index (χ4n) is 5.06. The highest BCUT2D eigenvalue weighted by atomic mass is 19.1. The number of imide groups is 1. The number of rotatable bonds is 3. The summed E-state index contributed by atoms with van der Waals surface area (Å²) < 4.78 is 27.9. The quantitative estimate of drug-likeness (QED) is 0.787. The van der Waals surface area contributed by atoms with E-state index in [1.54, 1.807) is 0 Å². The van der Waals surface area contributed by atoms with Gasteiger partial charge in [-0.1, -0.05) is 12.8 Å². The molecule has 1 aromatic rings. The van der Waals surface area contributed by atoms with Crippen LogP contribution in [0.25, 0.3) is 0 Å². The summed E-state index contributed by atoms with van der Waals surface area (Å²) in [5, 5.41) is 2.44. The van der Waals surface area contributed by atoms with Crippen molar-refractivity contribution in [3.63, 3.8) is 0 Å². The van der Waals surface area contributed by atoms with Crippen LogP contribution in [0.2, 0.25) is 0 Å². The van der Waals surface area contributed by atoms with Crippen LogP contribution in [0.4, 0.5) is 13.6 Å². The standard InChI is InChI=1S/C21H25F2N3O3/c1-21(15-11-14(22)8-9-16(15)23)19(28)26(20(29)24-21)12-18(27)25-10-4-6-13-5-2-3-7-17(13)25/h8-9,11,13,17H,2-7,10,12H2,1H3,(H,24,29)/t13-,17+,21-/m1/s1. The molecule has 3 atom stereocenters. The summed E-state index contributed by atoms with van der Waals surface area (Å²) in [6.07, 6.45) is 6.32. The van der Waals surface area contributed by atoms with Crippen LogP contribution in [0.15, 0.2) is 18.2 Å². The molecular weight excluding hydrogens is 380 g/mol. The molecule has 1 saturated carbocycles. The molecule has 1 aromatic carbocycles. The zero-order chi connectivity index (χ0) is 20.8. The third-order valence-corrected chi connectivity index (χ3v) is 6.60. The van der Waals surface area contributed by atoms with E-state index in [0.29, 0.717) is 12.5 Å². The number of fused-ring (bicyclic) bond motifs is 1. The Morgan fingerprint density at radius 2 is 1.90 bits per heavy atom. The number of urea groups is 1. The smallest absolute Gasteiger partial charge is 0.325 e. The number of halogens is 2. The normalized spacial score (nSPS) is 29.6. The van der Waals surface area contributed by atoms with Crippen molar-refractivity contribution < 1.29 is 23.2 Å². The van der Waals surface area contributed by atoms with Crippen LogP contribution < -0.4 is 5.32 Å². The number of likely N-dealkylation sites (tertiary alicyclic amines) is 1.